The summed E-state index contributed by atoms with van der Waals surface area (Å²) in [6.45, 7) is 0. The molecule has 3 nitrogen and oxygen atoms in total. The summed E-state index contributed by atoms with van der Waals surface area (Å²) in [7, 11) is 0. The number of nitrogens with zero attached hydrogens (tertiary/aromatic N) is 1. The largest absolute Gasteiger partial charge is 0.311 e. The molecule has 4 heteroatoms. The minimum Gasteiger partial charge on any atom is -0.311 e. The average Bonchev–Trinajstić information content (AvgIpc) is 2.26. The van der Waals surface area contributed by atoms with E-state index in [1.165, 1.54) is 25.6 Å². The fraction of sp³-hybridized carbons (Fsp3) is 0.636. The van der Waals surface area contributed by atoms with Gasteiger partial charge < -0.3 is 4.98 Å². The fourth-order valence-corrected chi connectivity index (χ4v) is 2.23. The van der Waals surface area contributed by atoms with E-state index in [1.807, 2.05) is 0 Å². The van der Waals surface area contributed by atoms with Crippen LogP contribution < -0.4 is 5.56 Å². The van der Waals surface area contributed by atoms with E-state index in [2.05, 4.69) is 9.97 Å². The highest BCUT2D eigenvalue weighted by molar-refractivity contribution is 5.03. The van der Waals surface area contributed by atoms with Gasteiger partial charge in [0.25, 0.3) is 5.56 Å². The molecule has 0 radical (unpaired) electrons. The molecule has 0 bridgehead atoms. The summed E-state index contributed by atoms with van der Waals surface area (Å²) in [5.41, 5.74) is -0.332. The molecule has 0 spiro atoms. The predicted octanol–water partition coefficient (Wildman–Crippen LogP) is 2.03. The van der Waals surface area contributed by atoms with Crippen LogP contribution in [0.5, 0.6) is 0 Å². The van der Waals surface area contributed by atoms with Gasteiger partial charge in [-0.15, -0.1) is 0 Å². The molecule has 1 aromatic rings. The second-order valence-corrected chi connectivity index (χ2v) is 4.20. The Hall–Kier alpha value is -1.19. The topological polar surface area (TPSA) is 45.8 Å². The smallest absolute Gasteiger partial charge is 0.287 e. The molecule has 0 aromatic carbocycles. The van der Waals surface area contributed by atoms with Crippen molar-refractivity contribution in [1.29, 1.82) is 0 Å². The van der Waals surface area contributed by atoms with E-state index >= 15 is 0 Å². The van der Waals surface area contributed by atoms with E-state index in [0.717, 1.165) is 12.8 Å². The minimum absolute atomic E-state index is 0.325. The SMILES string of the molecule is O=c1[nH]cnc(CC2CCCCC2)c1F. The zero-order valence-corrected chi connectivity index (χ0v) is 8.63. The standard InChI is InChI=1S/C11H15FN2O/c12-10-9(13-7-14-11(10)15)6-8-4-2-1-3-5-8/h7-8H,1-6H2,(H,13,14,15). The number of hydrogen-bond acceptors (Lipinski definition) is 2. The first kappa shape index (κ1) is 10.3. The average molecular weight is 210 g/mol. The highest BCUT2D eigenvalue weighted by Gasteiger charge is 2.17. The molecule has 0 amide bonds. The number of H-pyrrole nitrogens is 1. The van der Waals surface area contributed by atoms with Gasteiger partial charge in [-0.05, 0) is 12.3 Å². The maximum atomic E-state index is 13.4. The first-order valence-electron chi connectivity index (χ1n) is 5.49. The van der Waals surface area contributed by atoms with Crippen molar-refractivity contribution in [2.45, 2.75) is 38.5 Å². The maximum absolute atomic E-state index is 13.4. The summed E-state index contributed by atoms with van der Waals surface area (Å²) >= 11 is 0. The normalized spacial score (nSPS) is 17.9. The van der Waals surface area contributed by atoms with Crippen LogP contribution in [0.25, 0.3) is 0 Å². The van der Waals surface area contributed by atoms with Gasteiger partial charge in [0, 0.05) is 0 Å². The van der Waals surface area contributed by atoms with E-state index in [0.29, 0.717) is 18.0 Å². The third-order valence-corrected chi connectivity index (χ3v) is 3.08. The Morgan fingerprint density at radius 1 is 1.40 bits per heavy atom. The Bertz CT molecular complexity index is 382. The number of aromatic nitrogens is 2. The van der Waals surface area contributed by atoms with Crippen molar-refractivity contribution in [3.05, 3.63) is 28.2 Å². The Morgan fingerprint density at radius 3 is 2.87 bits per heavy atom. The molecule has 2 rings (SSSR count). The van der Waals surface area contributed by atoms with E-state index in [-0.39, 0.29) is 0 Å². The zero-order valence-electron chi connectivity index (χ0n) is 8.63. The van der Waals surface area contributed by atoms with Crippen molar-refractivity contribution in [3.63, 3.8) is 0 Å². The van der Waals surface area contributed by atoms with Crippen molar-refractivity contribution >= 4 is 0 Å². The predicted molar refractivity (Wildman–Crippen MR) is 55.1 cm³/mol. The Morgan fingerprint density at radius 2 is 2.13 bits per heavy atom. The fourth-order valence-electron chi connectivity index (χ4n) is 2.23. The number of hydrogen-bond donors (Lipinski definition) is 1. The number of aromatic amines is 1. The molecule has 15 heavy (non-hydrogen) atoms. The number of halogens is 1. The lowest BCUT2D eigenvalue weighted by molar-refractivity contribution is 0.349. The third-order valence-electron chi connectivity index (χ3n) is 3.08. The number of nitrogens with one attached hydrogen (secondary N) is 1. The monoisotopic (exact) mass is 210 g/mol. The highest BCUT2D eigenvalue weighted by Crippen LogP contribution is 2.26. The highest BCUT2D eigenvalue weighted by atomic mass is 19.1. The molecule has 1 saturated carbocycles. The first-order chi connectivity index (χ1) is 7.27. The molecule has 1 aromatic heterocycles. The molecule has 82 valence electrons. The molecular formula is C11H15FN2O. The molecule has 0 unspecified atom stereocenters. The van der Waals surface area contributed by atoms with Crippen LogP contribution in [0, 0.1) is 11.7 Å². The summed E-state index contributed by atoms with van der Waals surface area (Å²) in [5.74, 6) is -0.203. The van der Waals surface area contributed by atoms with Crippen LogP contribution in [0.2, 0.25) is 0 Å². The number of rotatable bonds is 2. The van der Waals surface area contributed by atoms with Crippen LogP contribution in [-0.4, -0.2) is 9.97 Å². The van der Waals surface area contributed by atoms with Gasteiger partial charge in [-0.3, -0.25) is 4.79 Å². The van der Waals surface area contributed by atoms with Gasteiger partial charge in [-0.1, -0.05) is 32.1 Å². The Balaban J connectivity index is 2.09. The quantitative estimate of drug-likeness (QED) is 0.811. The summed E-state index contributed by atoms with van der Waals surface area (Å²) in [6, 6.07) is 0. The Kier molecular flexibility index (Phi) is 3.14. The van der Waals surface area contributed by atoms with Crippen LogP contribution in [0.3, 0.4) is 0 Å². The van der Waals surface area contributed by atoms with E-state index < -0.39 is 11.4 Å². The lowest BCUT2D eigenvalue weighted by Crippen LogP contribution is -2.18. The van der Waals surface area contributed by atoms with Crippen molar-refractivity contribution in [1.82, 2.24) is 9.97 Å². The third kappa shape index (κ3) is 2.43. The van der Waals surface area contributed by atoms with Gasteiger partial charge in [0.15, 0.2) is 0 Å². The van der Waals surface area contributed by atoms with Gasteiger partial charge in [0.2, 0.25) is 5.82 Å². The molecule has 1 fully saturated rings. The van der Waals surface area contributed by atoms with Crippen LogP contribution in [-0.2, 0) is 6.42 Å². The van der Waals surface area contributed by atoms with Crippen LogP contribution in [0.15, 0.2) is 11.1 Å². The maximum Gasteiger partial charge on any atom is 0.287 e. The van der Waals surface area contributed by atoms with Crippen molar-refractivity contribution in [2.24, 2.45) is 5.92 Å². The first-order valence-corrected chi connectivity index (χ1v) is 5.49. The lowest BCUT2D eigenvalue weighted by Gasteiger charge is -2.20. The van der Waals surface area contributed by atoms with Crippen LogP contribution in [0.1, 0.15) is 37.8 Å². The molecule has 1 heterocycles. The van der Waals surface area contributed by atoms with Crippen molar-refractivity contribution < 1.29 is 4.39 Å². The summed E-state index contributed by atoms with van der Waals surface area (Å²) in [6.07, 6.45) is 7.87. The Labute approximate surface area is 87.7 Å². The van der Waals surface area contributed by atoms with Gasteiger partial charge in [-0.2, -0.15) is 4.39 Å². The van der Waals surface area contributed by atoms with Gasteiger partial charge >= 0.3 is 0 Å². The van der Waals surface area contributed by atoms with Crippen molar-refractivity contribution in [3.8, 4) is 0 Å². The molecule has 1 aliphatic rings. The van der Waals surface area contributed by atoms with Gasteiger partial charge in [0.05, 0.1) is 12.0 Å². The lowest BCUT2D eigenvalue weighted by atomic mass is 9.86. The van der Waals surface area contributed by atoms with Crippen LogP contribution in [0.4, 0.5) is 4.39 Å². The summed E-state index contributed by atoms with van der Waals surface area (Å²) in [4.78, 5) is 17.1. The second-order valence-electron chi connectivity index (χ2n) is 4.20. The van der Waals surface area contributed by atoms with Gasteiger partial charge in [0.1, 0.15) is 0 Å². The summed E-state index contributed by atoms with van der Waals surface area (Å²) in [5, 5.41) is 0. The molecule has 0 saturated heterocycles. The molecule has 0 aliphatic heterocycles. The zero-order chi connectivity index (χ0) is 10.7. The second kappa shape index (κ2) is 4.55. The van der Waals surface area contributed by atoms with Gasteiger partial charge in [-0.25, -0.2) is 4.98 Å². The molecule has 0 atom stereocenters. The molecular weight excluding hydrogens is 195 g/mol. The summed E-state index contributed by atoms with van der Waals surface area (Å²) < 4.78 is 13.4. The van der Waals surface area contributed by atoms with Crippen LogP contribution >= 0.6 is 0 Å². The molecule has 1 aliphatic carbocycles. The minimum atomic E-state index is -0.705. The van der Waals surface area contributed by atoms with E-state index in [1.54, 1.807) is 0 Å². The van der Waals surface area contributed by atoms with Crippen molar-refractivity contribution in [2.75, 3.05) is 0 Å². The van der Waals surface area contributed by atoms with E-state index in [9.17, 15) is 9.18 Å². The molecule has 1 N–H and O–H groups in total. The van der Waals surface area contributed by atoms with E-state index in [4.69, 9.17) is 0 Å².